The number of carboxylic acids is 1. The van der Waals surface area contributed by atoms with Crippen molar-refractivity contribution in [2.24, 2.45) is 23.5 Å². The molecule has 0 aromatic carbocycles. The van der Waals surface area contributed by atoms with Gasteiger partial charge in [-0.05, 0) is 31.1 Å². The molecule has 0 spiro atoms. The van der Waals surface area contributed by atoms with Gasteiger partial charge in [0.25, 0.3) is 0 Å². The lowest BCUT2D eigenvalue weighted by Gasteiger charge is -2.30. The second kappa shape index (κ2) is 9.32. The van der Waals surface area contributed by atoms with Gasteiger partial charge in [0.2, 0.25) is 0 Å². The molecular weight excluding hydrogens is 302 g/mol. The molecule has 0 aromatic heterocycles. The molecule has 7 heteroatoms. The molecule has 0 radical (unpaired) electrons. The predicted octanol–water partition coefficient (Wildman–Crippen LogP) is 0.498. The fourth-order valence-electron chi connectivity index (χ4n) is 2.52. The van der Waals surface area contributed by atoms with Gasteiger partial charge in [0, 0.05) is 12.3 Å². The zero-order valence-corrected chi connectivity index (χ0v) is 14.4. The third kappa shape index (κ3) is 6.95. The van der Waals surface area contributed by atoms with Crippen LogP contribution in [-0.4, -0.2) is 50.1 Å². The summed E-state index contributed by atoms with van der Waals surface area (Å²) in [6.07, 6.45) is -2.64. The van der Waals surface area contributed by atoms with Gasteiger partial charge in [0.15, 0.2) is 17.6 Å². The van der Waals surface area contributed by atoms with Crippen LogP contribution in [0.4, 0.5) is 0 Å². The number of hydrogen-bond acceptors (Lipinski definition) is 6. The quantitative estimate of drug-likeness (QED) is 0.274. The lowest BCUT2D eigenvalue weighted by Crippen LogP contribution is -2.57. The fraction of sp³-hybridized carbons (Fsp3) is 0.875. The van der Waals surface area contributed by atoms with E-state index in [1.165, 1.54) is 0 Å². The van der Waals surface area contributed by atoms with E-state index < -0.39 is 42.0 Å². The van der Waals surface area contributed by atoms with Crippen molar-refractivity contribution in [1.82, 2.24) is 0 Å². The Balaban J connectivity index is 5.11. The van der Waals surface area contributed by atoms with Crippen molar-refractivity contribution in [3.05, 3.63) is 0 Å². The van der Waals surface area contributed by atoms with Gasteiger partial charge in [-0.15, -0.1) is 0 Å². The molecule has 0 bridgehead atoms. The van der Waals surface area contributed by atoms with Gasteiger partial charge in [-0.3, -0.25) is 4.79 Å². The van der Waals surface area contributed by atoms with E-state index in [1.54, 1.807) is 13.8 Å². The molecule has 0 heterocycles. The summed E-state index contributed by atoms with van der Waals surface area (Å²) in [4.78, 5) is 23.8. The third-order valence-corrected chi connectivity index (χ3v) is 3.95. The molecule has 0 aliphatic heterocycles. The second-order valence-corrected chi connectivity index (χ2v) is 7.12. The highest BCUT2D eigenvalue weighted by Crippen LogP contribution is 2.25. The monoisotopic (exact) mass is 333 g/mol. The summed E-state index contributed by atoms with van der Waals surface area (Å²) < 4.78 is 0. The minimum absolute atomic E-state index is 0.0580. The summed E-state index contributed by atoms with van der Waals surface area (Å²) in [6, 6.07) is 0. The molecule has 0 aliphatic carbocycles. The van der Waals surface area contributed by atoms with E-state index in [0.717, 1.165) is 0 Å². The molecule has 6 N–H and O–H groups in total. The first kappa shape index (κ1) is 22.0. The number of Topliss-reactive ketones (excluding diaryl/α,β-unsaturated/α-hetero) is 1. The van der Waals surface area contributed by atoms with Crippen LogP contribution >= 0.6 is 0 Å². The van der Waals surface area contributed by atoms with E-state index in [4.69, 9.17) is 5.73 Å². The van der Waals surface area contributed by atoms with Crippen molar-refractivity contribution in [1.29, 1.82) is 0 Å². The maximum atomic E-state index is 12.4. The van der Waals surface area contributed by atoms with Crippen LogP contribution in [0.5, 0.6) is 0 Å². The van der Waals surface area contributed by atoms with Crippen LogP contribution in [0.2, 0.25) is 0 Å². The van der Waals surface area contributed by atoms with Crippen LogP contribution in [0.3, 0.4) is 0 Å². The molecule has 3 unspecified atom stereocenters. The number of carbonyl (C=O) groups is 2. The standard InChI is InChI=1S/C16H31NO6/c1-9(2)5-6-12(18)11(14(20)21)7-13(19)16(17,15(22)23)8-10(3)4/h9-12,14,18,20-21H,5-8,17H2,1-4H3,(H,22,23). The maximum Gasteiger partial charge on any atom is 0.331 e. The number of ketones is 1. The molecule has 136 valence electrons. The number of hydrogen-bond donors (Lipinski definition) is 5. The Labute approximate surface area is 137 Å². The first-order chi connectivity index (χ1) is 10.4. The Morgan fingerprint density at radius 1 is 1.00 bits per heavy atom. The molecule has 0 saturated heterocycles. The summed E-state index contributed by atoms with van der Waals surface area (Å²) in [5.41, 5.74) is 3.68. The van der Waals surface area contributed by atoms with Crippen LogP contribution in [0, 0.1) is 17.8 Å². The summed E-state index contributed by atoms with van der Waals surface area (Å²) >= 11 is 0. The van der Waals surface area contributed by atoms with Gasteiger partial charge in [0.05, 0.1) is 6.10 Å². The number of aliphatic hydroxyl groups is 3. The molecule has 0 saturated carbocycles. The molecule has 0 amide bonds. The average molecular weight is 333 g/mol. The highest BCUT2D eigenvalue weighted by Gasteiger charge is 2.44. The second-order valence-electron chi connectivity index (χ2n) is 7.12. The Kier molecular flexibility index (Phi) is 8.90. The van der Waals surface area contributed by atoms with Crippen LogP contribution in [-0.2, 0) is 9.59 Å². The Hall–Kier alpha value is -1.02. The molecule has 0 fully saturated rings. The first-order valence-corrected chi connectivity index (χ1v) is 8.01. The van der Waals surface area contributed by atoms with Crippen molar-refractivity contribution < 1.29 is 30.0 Å². The van der Waals surface area contributed by atoms with Crippen LogP contribution in [0.25, 0.3) is 0 Å². The van der Waals surface area contributed by atoms with Gasteiger partial charge >= 0.3 is 5.97 Å². The molecule has 0 aliphatic rings. The van der Waals surface area contributed by atoms with E-state index >= 15 is 0 Å². The normalized spacial score (nSPS) is 17.3. The maximum absolute atomic E-state index is 12.4. The summed E-state index contributed by atoms with van der Waals surface area (Å²) in [6.45, 7) is 7.40. The Morgan fingerprint density at radius 2 is 1.52 bits per heavy atom. The number of carbonyl (C=O) groups excluding carboxylic acids is 1. The first-order valence-electron chi connectivity index (χ1n) is 8.01. The highest BCUT2D eigenvalue weighted by molar-refractivity contribution is 6.07. The van der Waals surface area contributed by atoms with E-state index in [9.17, 15) is 30.0 Å². The van der Waals surface area contributed by atoms with Crippen molar-refractivity contribution in [2.75, 3.05) is 0 Å². The van der Waals surface area contributed by atoms with Crippen molar-refractivity contribution in [2.45, 2.75) is 71.3 Å². The molecular formula is C16H31NO6. The van der Waals surface area contributed by atoms with Gasteiger partial charge in [-0.25, -0.2) is 4.79 Å². The third-order valence-electron chi connectivity index (χ3n) is 3.95. The van der Waals surface area contributed by atoms with Gasteiger partial charge in [-0.2, -0.15) is 0 Å². The average Bonchev–Trinajstić information content (AvgIpc) is 2.40. The zero-order chi connectivity index (χ0) is 18.4. The summed E-state index contributed by atoms with van der Waals surface area (Å²) in [7, 11) is 0. The van der Waals surface area contributed by atoms with Crippen molar-refractivity contribution in [3.63, 3.8) is 0 Å². The van der Waals surface area contributed by atoms with Crippen LogP contribution in [0.1, 0.15) is 53.4 Å². The fourth-order valence-corrected chi connectivity index (χ4v) is 2.52. The molecule has 7 nitrogen and oxygen atoms in total. The number of nitrogens with two attached hydrogens (primary N) is 1. The van der Waals surface area contributed by atoms with Gasteiger partial charge in [-0.1, -0.05) is 27.7 Å². The highest BCUT2D eigenvalue weighted by atomic mass is 16.5. The SMILES string of the molecule is CC(C)CCC(O)C(CC(=O)C(N)(CC(C)C)C(=O)O)C(O)O. The largest absolute Gasteiger partial charge is 0.480 e. The molecule has 3 atom stereocenters. The lowest BCUT2D eigenvalue weighted by molar-refractivity contribution is -0.154. The van der Waals surface area contributed by atoms with E-state index in [2.05, 4.69) is 0 Å². The molecule has 0 aromatic rings. The predicted molar refractivity (Wildman–Crippen MR) is 85.4 cm³/mol. The zero-order valence-electron chi connectivity index (χ0n) is 14.4. The van der Waals surface area contributed by atoms with Gasteiger partial charge in [0.1, 0.15) is 0 Å². The lowest BCUT2D eigenvalue weighted by atomic mass is 9.80. The number of carboxylic acid groups (broad SMARTS) is 1. The van der Waals surface area contributed by atoms with E-state index in [-0.39, 0.29) is 12.3 Å². The van der Waals surface area contributed by atoms with Crippen molar-refractivity contribution >= 4 is 11.8 Å². The smallest absolute Gasteiger partial charge is 0.331 e. The Morgan fingerprint density at radius 3 is 1.87 bits per heavy atom. The van der Waals surface area contributed by atoms with E-state index in [0.29, 0.717) is 18.8 Å². The minimum atomic E-state index is -2.08. The van der Waals surface area contributed by atoms with Crippen molar-refractivity contribution in [3.8, 4) is 0 Å². The minimum Gasteiger partial charge on any atom is -0.480 e. The van der Waals surface area contributed by atoms with Gasteiger partial charge < -0.3 is 26.2 Å². The Bertz CT molecular complexity index is 396. The molecule has 23 heavy (non-hydrogen) atoms. The van der Waals surface area contributed by atoms with Crippen LogP contribution in [0.15, 0.2) is 0 Å². The summed E-state index contributed by atoms with van der Waals surface area (Å²) in [5, 5.41) is 38.3. The molecule has 0 rings (SSSR count). The number of aliphatic carboxylic acids is 1. The number of aliphatic hydroxyl groups excluding tert-OH is 2. The summed E-state index contributed by atoms with van der Waals surface area (Å²) in [5.74, 6) is -3.22. The van der Waals surface area contributed by atoms with E-state index in [1.807, 2.05) is 13.8 Å². The topological polar surface area (TPSA) is 141 Å². The van der Waals surface area contributed by atoms with Crippen LogP contribution < -0.4 is 5.73 Å². The number of rotatable bonds is 11.